The predicted octanol–water partition coefficient (Wildman–Crippen LogP) is 4.71. The van der Waals surface area contributed by atoms with Crippen molar-refractivity contribution in [2.75, 3.05) is 46.5 Å². The van der Waals surface area contributed by atoms with Crippen LogP contribution in [0.15, 0.2) is 29.3 Å². The Bertz CT molecular complexity index is 716. The van der Waals surface area contributed by atoms with Gasteiger partial charge >= 0.3 is 0 Å². The zero-order valence-electron chi connectivity index (χ0n) is 20.3. The number of nitrogens with one attached hydrogen (secondary N) is 1. The van der Waals surface area contributed by atoms with Gasteiger partial charge in [-0.05, 0) is 57.4 Å². The molecule has 1 N–H and O–H groups in total. The highest BCUT2D eigenvalue weighted by molar-refractivity contribution is 14.0. The zero-order chi connectivity index (χ0) is 22.2. The minimum absolute atomic E-state index is 0. The molecule has 0 bridgehead atoms. The molecule has 0 aliphatic carbocycles. The highest BCUT2D eigenvalue weighted by atomic mass is 127. The molecule has 0 aromatic heterocycles. The number of nitrogens with zero attached hydrogens (tertiary/aromatic N) is 2. The molecular weight excluding hydrogens is 529 g/mol. The summed E-state index contributed by atoms with van der Waals surface area (Å²) in [5, 5.41) is 3.65. The summed E-state index contributed by atoms with van der Waals surface area (Å²) in [6.45, 7) is 7.48. The number of hydrogen-bond donors (Lipinski definition) is 1. The van der Waals surface area contributed by atoms with Crippen LogP contribution >= 0.6 is 24.0 Å². The van der Waals surface area contributed by atoms with Gasteiger partial charge in [0.2, 0.25) is 0 Å². The molecule has 3 saturated heterocycles. The van der Waals surface area contributed by atoms with Crippen molar-refractivity contribution in [2.45, 2.75) is 70.2 Å². The van der Waals surface area contributed by atoms with E-state index in [4.69, 9.17) is 14.2 Å². The molecular formula is C26H42IN3O3. The first-order valence-corrected chi connectivity index (χ1v) is 12.6. The number of hydrogen-bond acceptors (Lipinski definition) is 4. The van der Waals surface area contributed by atoms with Gasteiger partial charge in [0.1, 0.15) is 0 Å². The molecule has 7 heteroatoms. The summed E-state index contributed by atoms with van der Waals surface area (Å²) in [4.78, 5) is 6.96. The molecule has 3 unspecified atom stereocenters. The van der Waals surface area contributed by atoms with Crippen LogP contribution in [0.25, 0.3) is 0 Å². The van der Waals surface area contributed by atoms with Crippen molar-refractivity contribution in [3.63, 3.8) is 0 Å². The largest absolute Gasteiger partial charge is 0.376 e. The summed E-state index contributed by atoms with van der Waals surface area (Å²) < 4.78 is 18.2. The maximum atomic E-state index is 6.20. The SMILES string of the molecule is CN=C(NCC1CCCOC1c1ccc(C)cc1)N1CCC(OCC2CCCCO2)CC1.I. The lowest BCUT2D eigenvalue weighted by molar-refractivity contribution is -0.0721. The van der Waals surface area contributed by atoms with Crippen LogP contribution in [0.4, 0.5) is 0 Å². The van der Waals surface area contributed by atoms with Gasteiger partial charge in [-0.25, -0.2) is 0 Å². The van der Waals surface area contributed by atoms with Crippen LogP contribution in [0.3, 0.4) is 0 Å². The lowest BCUT2D eigenvalue weighted by atomic mass is 9.89. The van der Waals surface area contributed by atoms with E-state index < -0.39 is 0 Å². The first-order chi connectivity index (χ1) is 15.7. The summed E-state index contributed by atoms with van der Waals surface area (Å²) in [6, 6.07) is 8.80. The highest BCUT2D eigenvalue weighted by Crippen LogP contribution is 2.33. The van der Waals surface area contributed by atoms with E-state index in [1.54, 1.807) is 0 Å². The number of likely N-dealkylation sites (tertiary alicyclic amines) is 1. The second kappa shape index (κ2) is 13.9. The molecule has 186 valence electrons. The second-order valence-electron chi connectivity index (χ2n) is 9.54. The Morgan fingerprint density at radius 2 is 1.79 bits per heavy atom. The number of halogens is 1. The smallest absolute Gasteiger partial charge is 0.193 e. The maximum Gasteiger partial charge on any atom is 0.193 e. The Morgan fingerprint density at radius 3 is 2.48 bits per heavy atom. The van der Waals surface area contributed by atoms with Crippen LogP contribution in [0, 0.1) is 12.8 Å². The van der Waals surface area contributed by atoms with Crippen LogP contribution in [0.1, 0.15) is 62.2 Å². The lowest BCUT2D eigenvalue weighted by Crippen LogP contribution is -2.48. The Hall–Kier alpha value is -0.900. The molecule has 3 fully saturated rings. The molecule has 4 rings (SSSR count). The first-order valence-electron chi connectivity index (χ1n) is 12.6. The van der Waals surface area contributed by atoms with Crippen LogP contribution in [-0.4, -0.2) is 69.6 Å². The van der Waals surface area contributed by atoms with E-state index >= 15 is 0 Å². The molecule has 0 saturated carbocycles. The summed E-state index contributed by atoms with van der Waals surface area (Å²) in [5.41, 5.74) is 2.58. The van der Waals surface area contributed by atoms with Crippen molar-refractivity contribution in [1.29, 1.82) is 0 Å². The van der Waals surface area contributed by atoms with Gasteiger partial charge in [0, 0.05) is 45.8 Å². The van der Waals surface area contributed by atoms with Crippen LogP contribution in [0.2, 0.25) is 0 Å². The molecule has 3 aliphatic rings. The van der Waals surface area contributed by atoms with Gasteiger partial charge in [-0.2, -0.15) is 0 Å². The predicted molar refractivity (Wildman–Crippen MR) is 144 cm³/mol. The van der Waals surface area contributed by atoms with E-state index in [0.29, 0.717) is 18.1 Å². The number of piperidine rings is 1. The summed E-state index contributed by atoms with van der Waals surface area (Å²) in [5.74, 6) is 1.46. The van der Waals surface area contributed by atoms with Crippen LogP contribution < -0.4 is 5.32 Å². The van der Waals surface area contributed by atoms with Crippen LogP contribution in [0.5, 0.6) is 0 Å². The minimum atomic E-state index is 0. The molecule has 33 heavy (non-hydrogen) atoms. The van der Waals surface area contributed by atoms with Gasteiger partial charge in [0.15, 0.2) is 5.96 Å². The van der Waals surface area contributed by atoms with Crippen molar-refractivity contribution in [1.82, 2.24) is 10.2 Å². The second-order valence-corrected chi connectivity index (χ2v) is 9.54. The molecule has 0 spiro atoms. The molecule has 3 atom stereocenters. The molecule has 6 nitrogen and oxygen atoms in total. The Morgan fingerprint density at radius 1 is 1.03 bits per heavy atom. The Balaban J connectivity index is 0.00000306. The number of ether oxygens (including phenoxy) is 3. The number of benzene rings is 1. The van der Waals surface area contributed by atoms with Gasteiger partial charge < -0.3 is 24.4 Å². The zero-order valence-corrected chi connectivity index (χ0v) is 22.7. The van der Waals surface area contributed by atoms with Crippen molar-refractivity contribution >= 4 is 29.9 Å². The number of aryl methyl sites for hydroxylation is 1. The van der Waals surface area contributed by atoms with E-state index in [-0.39, 0.29) is 30.1 Å². The normalized spacial score (nSPS) is 27.2. The number of rotatable bonds is 6. The summed E-state index contributed by atoms with van der Waals surface area (Å²) in [7, 11) is 1.89. The van der Waals surface area contributed by atoms with Gasteiger partial charge in [-0.1, -0.05) is 29.8 Å². The Kier molecular flexibility index (Phi) is 11.2. The first kappa shape index (κ1) is 26.7. The monoisotopic (exact) mass is 571 g/mol. The topological polar surface area (TPSA) is 55.3 Å². The fourth-order valence-corrected chi connectivity index (χ4v) is 5.15. The van der Waals surface area contributed by atoms with Crippen molar-refractivity contribution in [2.24, 2.45) is 10.9 Å². The molecule has 0 radical (unpaired) electrons. The minimum Gasteiger partial charge on any atom is -0.376 e. The quantitative estimate of drug-likeness (QED) is 0.305. The van der Waals surface area contributed by atoms with Gasteiger partial charge in [0.05, 0.1) is 24.9 Å². The van der Waals surface area contributed by atoms with E-state index in [0.717, 1.165) is 71.1 Å². The van der Waals surface area contributed by atoms with E-state index in [1.807, 2.05) is 7.05 Å². The third-order valence-electron chi connectivity index (χ3n) is 7.12. The number of guanidine groups is 1. The Labute approximate surface area is 216 Å². The number of aliphatic imine (C=N–C) groups is 1. The molecule has 1 aromatic rings. The average molecular weight is 572 g/mol. The maximum absolute atomic E-state index is 6.20. The van der Waals surface area contributed by atoms with E-state index in [2.05, 4.69) is 46.4 Å². The standard InChI is InChI=1S/C26H41N3O3.HI/c1-20-8-10-21(11-9-20)25-22(6-5-17-31-25)18-28-26(27-2)29-14-12-23(13-15-29)32-19-24-7-3-4-16-30-24;/h8-11,22-25H,3-7,12-19H2,1-2H3,(H,27,28);1H. The van der Waals surface area contributed by atoms with E-state index in [1.165, 1.54) is 30.4 Å². The molecule has 3 heterocycles. The fourth-order valence-electron chi connectivity index (χ4n) is 5.15. The fraction of sp³-hybridized carbons (Fsp3) is 0.731. The summed E-state index contributed by atoms with van der Waals surface area (Å²) >= 11 is 0. The third-order valence-corrected chi connectivity index (χ3v) is 7.12. The molecule has 1 aromatic carbocycles. The average Bonchev–Trinajstić information content (AvgIpc) is 2.85. The van der Waals surface area contributed by atoms with Gasteiger partial charge in [-0.3, -0.25) is 4.99 Å². The van der Waals surface area contributed by atoms with Crippen molar-refractivity contribution in [3.8, 4) is 0 Å². The van der Waals surface area contributed by atoms with Crippen molar-refractivity contribution < 1.29 is 14.2 Å². The van der Waals surface area contributed by atoms with Crippen LogP contribution in [-0.2, 0) is 14.2 Å². The van der Waals surface area contributed by atoms with E-state index in [9.17, 15) is 0 Å². The highest BCUT2D eigenvalue weighted by Gasteiger charge is 2.29. The molecule has 3 aliphatic heterocycles. The lowest BCUT2D eigenvalue weighted by Gasteiger charge is -2.37. The molecule has 0 amide bonds. The summed E-state index contributed by atoms with van der Waals surface area (Å²) in [6.07, 6.45) is 8.81. The third kappa shape index (κ3) is 7.80. The van der Waals surface area contributed by atoms with Gasteiger partial charge in [-0.15, -0.1) is 24.0 Å². The van der Waals surface area contributed by atoms with Gasteiger partial charge in [0.25, 0.3) is 0 Å². The van der Waals surface area contributed by atoms with Crippen molar-refractivity contribution in [3.05, 3.63) is 35.4 Å².